The fourth-order valence-electron chi connectivity index (χ4n) is 3.05. The molecule has 1 aliphatic heterocycles. The van der Waals surface area contributed by atoms with E-state index in [9.17, 15) is 0 Å². The van der Waals surface area contributed by atoms with E-state index in [1.165, 1.54) is 29.6 Å². The SMILES string of the molecule is CCCN(Cc1ccc2nc(C)sc2c1)C1CCNC1.Cl. The molecule has 2 aromatic rings. The number of aryl methyl sites for hydroxylation is 1. The van der Waals surface area contributed by atoms with Crippen molar-refractivity contribution in [2.24, 2.45) is 0 Å². The predicted octanol–water partition coefficient (Wildman–Crippen LogP) is 3.60. The Hall–Kier alpha value is -0.680. The van der Waals surface area contributed by atoms with E-state index in [1.54, 1.807) is 11.3 Å². The van der Waals surface area contributed by atoms with Gasteiger partial charge in [0.15, 0.2) is 0 Å². The first-order valence-electron chi connectivity index (χ1n) is 7.57. The summed E-state index contributed by atoms with van der Waals surface area (Å²) in [7, 11) is 0. The summed E-state index contributed by atoms with van der Waals surface area (Å²) in [5.74, 6) is 0. The van der Waals surface area contributed by atoms with Gasteiger partial charge in [-0.25, -0.2) is 4.98 Å². The van der Waals surface area contributed by atoms with Crippen molar-refractivity contribution in [2.75, 3.05) is 19.6 Å². The van der Waals surface area contributed by atoms with Crippen LogP contribution in [0.15, 0.2) is 18.2 Å². The van der Waals surface area contributed by atoms with Gasteiger partial charge in [-0.05, 0) is 50.6 Å². The van der Waals surface area contributed by atoms with Gasteiger partial charge in [0.2, 0.25) is 0 Å². The number of nitrogens with one attached hydrogen (secondary N) is 1. The number of benzene rings is 1. The van der Waals surface area contributed by atoms with E-state index in [2.05, 4.69) is 47.2 Å². The van der Waals surface area contributed by atoms with Crippen molar-refractivity contribution in [3.05, 3.63) is 28.8 Å². The molecule has 0 saturated carbocycles. The normalized spacial score (nSPS) is 18.3. The number of fused-ring (bicyclic) bond motifs is 1. The average Bonchev–Trinajstić information content (AvgIpc) is 3.05. The Balaban J connectivity index is 0.00000161. The number of hydrogen-bond acceptors (Lipinski definition) is 4. The highest BCUT2D eigenvalue weighted by atomic mass is 35.5. The molecule has 1 fully saturated rings. The van der Waals surface area contributed by atoms with Crippen molar-refractivity contribution >= 4 is 34.0 Å². The molecule has 0 spiro atoms. The summed E-state index contributed by atoms with van der Waals surface area (Å²) < 4.78 is 1.32. The van der Waals surface area contributed by atoms with Crippen molar-refractivity contribution in [3.8, 4) is 0 Å². The summed E-state index contributed by atoms with van der Waals surface area (Å²) in [4.78, 5) is 7.18. The maximum absolute atomic E-state index is 4.54. The maximum atomic E-state index is 4.54. The van der Waals surface area contributed by atoms with Crippen LogP contribution in [0.4, 0.5) is 0 Å². The van der Waals surface area contributed by atoms with Gasteiger partial charge < -0.3 is 5.32 Å². The average molecular weight is 326 g/mol. The Labute approximate surface area is 137 Å². The Morgan fingerprint density at radius 1 is 1.43 bits per heavy atom. The van der Waals surface area contributed by atoms with Crippen molar-refractivity contribution in [3.63, 3.8) is 0 Å². The molecule has 3 rings (SSSR count). The van der Waals surface area contributed by atoms with Crippen LogP contribution < -0.4 is 5.32 Å². The molecule has 1 N–H and O–H groups in total. The minimum Gasteiger partial charge on any atom is -0.315 e. The lowest BCUT2D eigenvalue weighted by Gasteiger charge is -2.28. The van der Waals surface area contributed by atoms with Crippen LogP contribution in [-0.2, 0) is 6.54 Å². The van der Waals surface area contributed by atoms with Gasteiger partial charge in [-0.15, -0.1) is 23.7 Å². The third-order valence-electron chi connectivity index (χ3n) is 4.01. The van der Waals surface area contributed by atoms with E-state index >= 15 is 0 Å². The van der Waals surface area contributed by atoms with Crippen molar-refractivity contribution in [2.45, 2.75) is 39.3 Å². The fraction of sp³-hybridized carbons (Fsp3) is 0.562. The molecule has 1 saturated heterocycles. The fourth-order valence-corrected chi connectivity index (χ4v) is 3.94. The number of nitrogens with zero attached hydrogens (tertiary/aromatic N) is 2. The van der Waals surface area contributed by atoms with Gasteiger partial charge in [0.05, 0.1) is 15.2 Å². The van der Waals surface area contributed by atoms with Crippen LogP contribution in [0.1, 0.15) is 30.3 Å². The lowest BCUT2D eigenvalue weighted by Crippen LogP contribution is -2.36. The molecule has 0 amide bonds. The molecular formula is C16H24ClN3S. The first-order chi connectivity index (χ1) is 9.76. The van der Waals surface area contributed by atoms with Gasteiger partial charge in [0.1, 0.15) is 0 Å². The smallest absolute Gasteiger partial charge is 0.0907 e. The maximum Gasteiger partial charge on any atom is 0.0907 e. The van der Waals surface area contributed by atoms with E-state index in [0.717, 1.165) is 30.2 Å². The van der Waals surface area contributed by atoms with E-state index in [4.69, 9.17) is 0 Å². The third-order valence-corrected chi connectivity index (χ3v) is 4.94. The van der Waals surface area contributed by atoms with E-state index in [-0.39, 0.29) is 12.4 Å². The molecule has 1 aromatic heterocycles. The van der Waals surface area contributed by atoms with Crippen molar-refractivity contribution in [1.29, 1.82) is 0 Å². The number of halogens is 1. The monoisotopic (exact) mass is 325 g/mol. The predicted molar refractivity (Wildman–Crippen MR) is 93.6 cm³/mol. The highest BCUT2D eigenvalue weighted by Crippen LogP contribution is 2.24. The highest BCUT2D eigenvalue weighted by Gasteiger charge is 2.21. The minimum atomic E-state index is 0. The molecule has 0 bridgehead atoms. The molecule has 1 aromatic carbocycles. The zero-order valence-corrected chi connectivity index (χ0v) is 14.4. The van der Waals surface area contributed by atoms with Crippen LogP contribution in [0.5, 0.6) is 0 Å². The van der Waals surface area contributed by atoms with E-state index in [1.807, 2.05) is 0 Å². The lowest BCUT2D eigenvalue weighted by atomic mass is 10.1. The van der Waals surface area contributed by atoms with Gasteiger partial charge >= 0.3 is 0 Å². The van der Waals surface area contributed by atoms with E-state index < -0.39 is 0 Å². The van der Waals surface area contributed by atoms with Gasteiger partial charge in [0, 0.05) is 19.1 Å². The first kappa shape index (κ1) is 16.7. The molecule has 2 heterocycles. The van der Waals surface area contributed by atoms with E-state index in [0.29, 0.717) is 6.04 Å². The van der Waals surface area contributed by atoms with Crippen LogP contribution in [0, 0.1) is 6.92 Å². The van der Waals surface area contributed by atoms with Crippen LogP contribution in [0.3, 0.4) is 0 Å². The summed E-state index contributed by atoms with van der Waals surface area (Å²) in [6, 6.07) is 7.44. The second-order valence-electron chi connectivity index (χ2n) is 5.65. The van der Waals surface area contributed by atoms with Crippen LogP contribution in [0.2, 0.25) is 0 Å². The molecule has 1 aliphatic rings. The number of hydrogen-bond donors (Lipinski definition) is 1. The van der Waals surface area contributed by atoms with Crippen LogP contribution >= 0.6 is 23.7 Å². The molecule has 116 valence electrons. The van der Waals surface area contributed by atoms with Gasteiger partial charge in [-0.1, -0.05) is 13.0 Å². The van der Waals surface area contributed by atoms with Crippen LogP contribution in [-0.4, -0.2) is 35.6 Å². The molecule has 1 unspecified atom stereocenters. The summed E-state index contributed by atoms with van der Waals surface area (Å²) in [6.45, 7) is 8.90. The summed E-state index contributed by atoms with van der Waals surface area (Å²) in [6.07, 6.45) is 2.50. The Morgan fingerprint density at radius 3 is 3.00 bits per heavy atom. The second kappa shape index (κ2) is 7.54. The molecule has 0 radical (unpaired) electrons. The molecule has 21 heavy (non-hydrogen) atoms. The zero-order valence-electron chi connectivity index (χ0n) is 12.8. The van der Waals surface area contributed by atoms with Crippen molar-refractivity contribution in [1.82, 2.24) is 15.2 Å². The molecule has 0 aliphatic carbocycles. The summed E-state index contributed by atoms with van der Waals surface area (Å²) in [5.41, 5.74) is 2.56. The lowest BCUT2D eigenvalue weighted by molar-refractivity contribution is 0.199. The molecule has 1 atom stereocenters. The Bertz CT molecular complexity index is 578. The summed E-state index contributed by atoms with van der Waals surface area (Å²) >= 11 is 1.80. The highest BCUT2D eigenvalue weighted by molar-refractivity contribution is 7.18. The van der Waals surface area contributed by atoms with Gasteiger partial charge in [0.25, 0.3) is 0 Å². The number of aromatic nitrogens is 1. The van der Waals surface area contributed by atoms with Crippen molar-refractivity contribution < 1.29 is 0 Å². The van der Waals surface area contributed by atoms with Crippen LogP contribution in [0.25, 0.3) is 10.2 Å². The first-order valence-corrected chi connectivity index (χ1v) is 8.38. The minimum absolute atomic E-state index is 0. The Kier molecular flexibility index (Phi) is 5.99. The number of thiazole rings is 1. The third kappa shape index (κ3) is 3.95. The van der Waals surface area contributed by atoms with Gasteiger partial charge in [-0.3, -0.25) is 4.90 Å². The topological polar surface area (TPSA) is 28.2 Å². The molecule has 5 heteroatoms. The summed E-state index contributed by atoms with van der Waals surface area (Å²) in [5, 5.41) is 4.64. The molecule has 3 nitrogen and oxygen atoms in total. The number of rotatable bonds is 5. The quantitative estimate of drug-likeness (QED) is 0.910. The molecular weight excluding hydrogens is 302 g/mol. The standard InChI is InChI=1S/C16H23N3S.ClH/c1-3-8-19(14-6-7-17-10-14)11-13-4-5-15-16(9-13)20-12(2)18-15;/h4-5,9,14,17H,3,6-8,10-11H2,1-2H3;1H. The van der Waals surface area contributed by atoms with Gasteiger partial charge in [-0.2, -0.15) is 0 Å². The largest absolute Gasteiger partial charge is 0.315 e. The second-order valence-corrected chi connectivity index (χ2v) is 6.89. The Morgan fingerprint density at radius 2 is 2.29 bits per heavy atom. The zero-order chi connectivity index (χ0) is 13.9.